The van der Waals surface area contributed by atoms with Gasteiger partial charge in [-0.2, -0.15) is 5.10 Å². The molecule has 1 aromatic heterocycles. The molecule has 21 heavy (non-hydrogen) atoms. The van der Waals surface area contributed by atoms with E-state index in [4.69, 9.17) is 10.7 Å². The fourth-order valence-corrected chi connectivity index (χ4v) is 3.59. The highest BCUT2D eigenvalue weighted by Crippen LogP contribution is 2.30. The zero-order valence-corrected chi connectivity index (χ0v) is 14.2. The zero-order chi connectivity index (χ0) is 15.8. The number of nitrogens with zero attached hydrogens (tertiary/aromatic N) is 1. The van der Waals surface area contributed by atoms with Gasteiger partial charge in [0.15, 0.2) is 0 Å². The third-order valence-electron chi connectivity index (χ3n) is 2.85. The first-order valence-electron chi connectivity index (χ1n) is 5.76. The number of hydrogen-bond acceptors (Lipinski definition) is 4. The Morgan fingerprint density at radius 2 is 2.05 bits per heavy atom. The SMILES string of the molecule is Cc1cc(NC(=O)c2cn[nH]c2C)c(Br)cc1S(=O)(=O)Cl. The Balaban J connectivity index is 2.37. The molecule has 0 saturated carbocycles. The molecule has 0 bridgehead atoms. The van der Waals surface area contributed by atoms with Crippen LogP contribution in [0.1, 0.15) is 21.6 Å². The number of aromatic amines is 1. The van der Waals surface area contributed by atoms with Crippen LogP contribution >= 0.6 is 26.6 Å². The lowest BCUT2D eigenvalue weighted by Gasteiger charge is -2.10. The number of aromatic nitrogens is 2. The summed E-state index contributed by atoms with van der Waals surface area (Å²) in [7, 11) is 1.51. The molecule has 1 aromatic carbocycles. The standard InChI is InChI=1S/C12H11BrClN3O3S/c1-6-3-10(9(13)4-11(6)21(14,19)20)16-12(18)8-5-15-17-7(8)2/h3-5H,1-2H3,(H,15,17)(H,16,18). The van der Waals surface area contributed by atoms with Gasteiger partial charge in [0.25, 0.3) is 15.0 Å². The maximum absolute atomic E-state index is 12.1. The Bertz CT molecular complexity index is 817. The molecule has 0 aliphatic heterocycles. The molecule has 0 unspecified atom stereocenters. The number of rotatable bonds is 3. The van der Waals surface area contributed by atoms with Gasteiger partial charge in [-0.1, -0.05) is 0 Å². The second-order valence-corrected chi connectivity index (χ2v) is 7.79. The average Bonchev–Trinajstić information content (AvgIpc) is 2.78. The molecule has 0 fully saturated rings. The summed E-state index contributed by atoms with van der Waals surface area (Å²) in [6.45, 7) is 3.33. The van der Waals surface area contributed by atoms with E-state index in [1.165, 1.54) is 18.3 Å². The molecular weight excluding hydrogens is 382 g/mol. The molecule has 1 amide bonds. The maximum Gasteiger partial charge on any atom is 0.261 e. The Morgan fingerprint density at radius 3 is 2.57 bits per heavy atom. The van der Waals surface area contributed by atoms with Crippen LogP contribution in [0.3, 0.4) is 0 Å². The lowest BCUT2D eigenvalue weighted by Crippen LogP contribution is -2.13. The first-order chi connectivity index (χ1) is 9.70. The fourth-order valence-electron chi connectivity index (χ4n) is 1.79. The van der Waals surface area contributed by atoms with Crippen molar-refractivity contribution in [2.45, 2.75) is 18.7 Å². The van der Waals surface area contributed by atoms with Crippen LogP contribution in [0.2, 0.25) is 0 Å². The molecule has 0 saturated heterocycles. The molecule has 0 aliphatic rings. The largest absolute Gasteiger partial charge is 0.321 e. The van der Waals surface area contributed by atoms with Gasteiger partial charge in [0.05, 0.1) is 22.3 Å². The van der Waals surface area contributed by atoms with Gasteiger partial charge in [-0.3, -0.25) is 9.89 Å². The minimum atomic E-state index is -3.84. The minimum absolute atomic E-state index is 0.00599. The van der Waals surface area contributed by atoms with Crippen LogP contribution in [-0.2, 0) is 9.05 Å². The first-order valence-corrected chi connectivity index (χ1v) is 8.86. The number of halogens is 2. The number of amides is 1. The van der Waals surface area contributed by atoms with Gasteiger partial charge in [-0.15, -0.1) is 0 Å². The summed E-state index contributed by atoms with van der Waals surface area (Å²) in [6, 6.07) is 2.89. The summed E-state index contributed by atoms with van der Waals surface area (Å²) >= 11 is 3.22. The van der Waals surface area contributed by atoms with E-state index < -0.39 is 9.05 Å². The first kappa shape index (κ1) is 16.0. The summed E-state index contributed by atoms with van der Waals surface area (Å²) in [5.74, 6) is -0.345. The third-order valence-corrected chi connectivity index (χ3v) is 4.97. The van der Waals surface area contributed by atoms with Crippen molar-refractivity contribution in [3.63, 3.8) is 0 Å². The average molecular weight is 393 g/mol. The van der Waals surface area contributed by atoms with E-state index in [-0.39, 0.29) is 10.8 Å². The molecule has 1 heterocycles. The van der Waals surface area contributed by atoms with Crippen LogP contribution in [0.25, 0.3) is 0 Å². The highest BCUT2D eigenvalue weighted by atomic mass is 79.9. The molecule has 9 heteroatoms. The monoisotopic (exact) mass is 391 g/mol. The maximum atomic E-state index is 12.1. The van der Waals surface area contributed by atoms with E-state index in [1.54, 1.807) is 13.8 Å². The molecule has 2 aromatic rings. The van der Waals surface area contributed by atoms with Crippen LogP contribution < -0.4 is 5.32 Å². The van der Waals surface area contributed by atoms with Crippen molar-refractivity contribution >= 4 is 47.3 Å². The molecule has 0 radical (unpaired) electrons. The van der Waals surface area contributed by atoms with E-state index >= 15 is 0 Å². The predicted molar refractivity (Wildman–Crippen MR) is 83.2 cm³/mol. The molecule has 6 nitrogen and oxygen atoms in total. The summed E-state index contributed by atoms with van der Waals surface area (Å²) in [5.41, 5.74) is 1.93. The second kappa shape index (κ2) is 5.78. The molecule has 0 aliphatic carbocycles. The number of carbonyl (C=O) groups excluding carboxylic acids is 1. The number of carbonyl (C=O) groups is 1. The summed E-state index contributed by atoms with van der Waals surface area (Å²) in [5, 5.41) is 9.14. The second-order valence-electron chi connectivity index (χ2n) is 4.40. The Labute approximate surface area is 134 Å². The van der Waals surface area contributed by atoms with Crippen LogP contribution in [0.15, 0.2) is 27.7 Å². The summed E-state index contributed by atoms with van der Waals surface area (Å²) < 4.78 is 23.2. The summed E-state index contributed by atoms with van der Waals surface area (Å²) in [6.07, 6.45) is 1.42. The molecule has 2 N–H and O–H groups in total. The molecule has 112 valence electrons. The molecule has 0 spiro atoms. The number of hydrogen-bond donors (Lipinski definition) is 2. The van der Waals surface area contributed by atoms with Crippen molar-refractivity contribution in [3.8, 4) is 0 Å². The highest BCUT2D eigenvalue weighted by Gasteiger charge is 2.18. The predicted octanol–water partition coefficient (Wildman–Crippen LogP) is 2.97. The van der Waals surface area contributed by atoms with Gasteiger partial charge < -0.3 is 5.32 Å². The van der Waals surface area contributed by atoms with Gasteiger partial charge >= 0.3 is 0 Å². The van der Waals surface area contributed by atoms with Crippen molar-refractivity contribution in [2.75, 3.05) is 5.32 Å². The topological polar surface area (TPSA) is 91.9 Å². The highest BCUT2D eigenvalue weighted by molar-refractivity contribution is 9.10. The third kappa shape index (κ3) is 3.45. The van der Waals surface area contributed by atoms with Crippen LogP contribution in [-0.4, -0.2) is 24.5 Å². The normalized spacial score (nSPS) is 11.4. The van der Waals surface area contributed by atoms with Crippen LogP contribution in [0, 0.1) is 13.8 Å². The molecular formula is C12H11BrClN3O3S. The van der Waals surface area contributed by atoms with Gasteiger partial charge in [0.1, 0.15) is 0 Å². The quantitative estimate of drug-likeness (QED) is 0.786. The van der Waals surface area contributed by atoms with Gasteiger partial charge in [-0.25, -0.2) is 8.42 Å². The lowest BCUT2D eigenvalue weighted by atomic mass is 10.2. The van der Waals surface area contributed by atoms with Gasteiger partial charge in [-0.05, 0) is 47.5 Å². The lowest BCUT2D eigenvalue weighted by molar-refractivity contribution is 0.102. The molecule has 2 rings (SSSR count). The van der Waals surface area contributed by atoms with Crippen LogP contribution in [0.5, 0.6) is 0 Å². The Hall–Kier alpha value is -1.38. The van der Waals surface area contributed by atoms with Crippen molar-refractivity contribution in [3.05, 3.63) is 39.6 Å². The van der Waals surface area contributed by atoms with Gasteiger partial charge in [0.2, 0.25) is 0 Å². The van der Waals surface area contributed by atoms with Crippen molar-refractivity contribution < 1.29 is 13.2 Å². The fraction of sp³-hybridized carbons (Fsp3) is 0.167. The Morgan fingerprint density at radius 1 is 1.38 bits per heavy atom. The van der Waals surface area contributed by atoms with Crippen molar-refractivity contribution in [1.29, 1.82) is 0 Å². The summed E-state index contributed by atoms with van der Waals surface area (Å²) in [4.78, 5) is 12.1. The Kier molecular flexibility index (Phi) is 4.40. The van der Waals surface area contributed by atoms with E-state index in [9.17, 15) is 13.2 Å². The number of anilines is 1. The van der Waals surface area contributed by atoms with Crippen molar-refractivity contribution in [1.82, 2.24) is 10.2 Å². The zero-order valence-electron chi connectivity index (χ0n) is 11.1. The number of aryl methyl sites for hydroxylation is 2. The van der Waals surface area contributed by atoms with Gasteiger partial charge in [0, 0.05) is 20.8 Å². The number of H-pyrrole nitrogens is 1. The van der Waals surface area contributed by atoms with Crippen LogP contribution in [0.4, 0.5) is 5.69 Å². The van der Waals surface area contributed by atoms with Crippen molar-refractivity contribution in [2.24, 2.45) is 0 Å². The number of benzene rings is 1. The van der Waals surface area contributed by atoms with E-state index in [0.29, 0.717) is 27.0 Å². The van der Waals surface area contributed by atoms with E-state index in [2.05, 4.69) is 31.4 Å². The van der Waals surface area contributed by atoms with E-state index in [0.717, 1.165) is 0 Å². The van der Waals surface area contributed by atoms with E-state index in [1.807, 2.05) is 0 Å². The number of nitrogens with one attached hydrogen (secondary N) is 2. The minimum Gasteiger partial charge on any atom is -0.321 e. The smallest absolute Gasteiger partial charge is 0.261 e. The molecule has 0 atom stereocenters.